The highest BCUT2D eigenvalue weighted by Gasteiger charge is 2.18. The van der Waals surface area contributed by atoms with E-state index in [0.717, 1.165) is 22.1 Å². The van der Waals surface area contributed by atoms with Crippen molar-refractivity contribution in [2.24, 2.45) is 0 Å². The van der Waals surface area contributed by atoms with E-state index in [1.54, 1.807) is 13.1 Å². The van der Waals surface area contributed by atoms with Crippen molar-refractivity contribution in [2.45, 2.75) is 27.3 Å². The minimum absolute atomic E-state index is 0.359. The van der Waals surface area contributed by atoms with E-state index in [-0.39, 0.29) is 5.97 Å². The normalized spacial score (nSPS) is 10.6. The molecule has 2 heterocycles. The number of ether oxygens (including phenoxy) is 1. The van der Waals surface area contributed by atoms with Crippen LogP contribution in [0.15, 0.2) is 12.3 Å². The molecule has 2 rings (SSSR count). The Labute approximate surface area is 109 Å². The fraction of sp³-hybridized carbons (Fsp3) is 0.417. The predicted octanol–water partition coefficient (Wildman–Crippen LogP) is 2.51. The number of thiazole rings is 1. The van der Waals surface area contributed by atoms with Gasteiger partial charge in [-0.2, -0.15) is 5.10 Å². The Morgan fingerprint density at radius 3 is 2.94 bits per heavy atom. The highest BCUT2D eigenvalue weighted by atomic mass is 32.1. The lowest BCUT2D eigenvalue weighted by molar-refractivity contribution is 0.0519. The molecular formula is C12H15N3O2S. The molecule has 0 fully saturated rings. The first-order chi connectivity index (χ1) is 8.67. The van der Waals surface area contributed by atoms with Crippen molar-refractivity contribution < 1.29 is 9.53 Å². The van der Waals surface area contributed by atoms with Crippen LogP contribution in [-0.2, 0) is 11.3 Å². The number of hydrogen-bond acceptors (Lipinski definition) is 5. The zero-order valence-electron chi connectivity index (χ0n) is 10.6. The molecule has 6 heteroatoms. The van der Waals surface area contributed by atoms with E-state index in [9.17, 15) is 4.79 Å². The maximum Gasteiger partial charge on any atom is 0.358 e. The highest BCUT2D eigenvalue weighted by molar-refractivity contribution is 7.15. The molecule has 0 amide bonds. The summed E-state index contributed by atoms with van der Waals surface area (Å²) < 4.78 is 6.83. The van der Waals surface area contributed by atoms with Crippen LogP contribution in [-0.4, -0.2) is 27.3 Å². The number of aryl methyl sites for hydroxylation is 2. The Morgan fingerprint density at radius 2 is 2.28 bits per heavy atom. The zero-order valence-corrected chi connectivity index (χ0v) is 11.5. The van der Waals surface area contributed by atoms with Crippen molar-refractivity contribution in [3.63, 3.8) is 0 Å². The van der Waals surface area contributed by atoms with Crippen LogP contribution < -0.4 is 0 Å². The molecule has 0 aliphatic carbocycles. The fourth-order valence-corrected chi connectivity index (χ4v) is 2.59. The molecule has 0 aliphatic rings. The number of carbonyl (C=O) groups is 1. The van der Waals surface area contributed by atoms with Gasteiger partial charge in [-0.25, -0.2) is 9.78 Å². The van der Waals surface area contributed by atoms with Crippen LogP contribution in [0.3, 0.4) is 0 Å². The van der Waals surface area contributed by atoms with Crippen molar-refractivity contribution in [1.29, 1.82) is 0 Å². The van der Waals surface area contributed by atoms with Crippen LogP contribution in [0, 0.1) is 6.92 Å². The van der Waals surface area contributed by atoms with Gasteiger partial charge in [-0.15, -0.1) is 11.3 Å². The van der Waals surface area contributed by atoms with E-state index in [0.29, 0.717) is 12.3 Å². The van der Waals surface area contributed by atoms with Crippen LogP contribution >= 0.6 is 11.3 Å². The van der Waals surface area contributed by atoms with E-state index in [1.165, 1.54) is 11.3 Å². The fourth-order valence-electron chi connectivity index (χ4n) is 1.66. The maximum absolute atomic E-state index is 11.7. The SMILES string of the molecule is CCOC(=O)c1nc(-c2ccnn2CC)sc1C. The van der Waals surface area contributed by atoms with E-state index >= 15 is 0 Å². The van der Waals surface area contributed by atoms with E-state index in [4.69, 9.17) is 4.74 Å². The molecule has 0 saturated carbocycles. The third-order valence-corrected chi connectivity index (χ3v) is 3.49. The number of rotatable bonds is 4. The lowest BCUT2D eigenvalue weighted by atomic mass is 10.4. The average Bonchev–Trinajstić information content (AvgIpc) is 2.94. The Hall–Kier alpha value is -1.69. The largest absolute Gasteiger partial charge is 0.461 e. The summed E-state index contributed by atoms with van der Waals surface area (Å²) in [5.41, 5.74) is 1.34. The minimum atomic E-state index is -0.361. The molecule has 2 aromatic heterocycles. The van der Waals surface area contributed by atoms with Gasteiger partial charge in [0.05, 0.1) is 12.3 Å². The average molecular weight is 265 g/mol. The van der Waals surface area contributed by atoms with Crippen LogP contribution in [0.25, 0.3) is 10.7 Å². The van der Waals surface area contributed by atoms with Gasteiger partial charge in [0.1, 0.15) is 5.01 Å². The standard InChI is InChI=1S/C12H15N3O2S/c1-4-15-9(6-7-13-15)11-14-10(8(3)18-11)12(16)17-5-2/h6-7H,4-5H2,1-3H3. The first kappa shape index (κ1) is 12.8. The van der Waals surface area contributed by atoms with Crippen LogP contribution in [0.2, 0.25) is 0 Å². The first-order valence-electron chi connectivity index (χ1n) is 5.84. The molecule has 0 atom stereocenters. The van der Waals surface area contributed by atoms with Gasteiger partial charge < -0.3 is 4.74 Å². The predicted molar refractivity (Wildman–Crippen MR) is 69.7 cm³/mol. The zero-order chi connectivity index (χ0) is 13.1. The van der Waals surface area contributed by atoms with Gasteiger partial charge in [-0.05, 0) is 26.8 Å². The molecule has 96 valence electrons. The molecular weight excluding hydrogens is 250 g/mol. The third-order valence-electron chi connectivity index (χ3n) is 2.50. The second-order valence-electron chi connectivity index (χ2n) is 3.68. The van der Waals surface area contributed by atoms with Crippen molar-refractivity contribution in [1.82, 2.24) is 14.8 Å². The molecule has 0 unspecified atom stereocenters. The van der Waals surface area contributed by atoms with E-state index in [1.807, 2.05) is 24.6 Å². The third kappa shape index (κ3) is 2.28. The van der Waals surface area contributed by atoms with Gasteiger partial charge in [-0.3, -0.25) is 4.68 Å². The maximum atomic E-state index is 11.7. The lowest BCUT2D eigenvalue weighted by Crippen LogP contribution is -2.06. The monoisotopic (exact) mass is 265 g/mol. The van der Waals surface area contributed by atoms with Crippen LogP contribution in [0.5, 0.6) is 0 Å². The van der Waals surface area contributed by atoms with E-state index < -0.39 is 0 Å². The molecule has 0 spiro atoms. The summed E-state index contributed by atoms with van der Waals surface area (Å²) in [4.78, 5) is 16.9. The highest BCUT2D eigenvalue weighted by Crippen LogP contribution is 2.27. The van der Waals surface area contributed by atoms with Gasteiger partial charge in [0.15, 0.2) is 5.69 Å². The quantitative estimate of drug-likeness (QED) is 0.797. The lowest BCUT2D eigenvalue weighted by Gasteiger charge is -2.00. The van der Waals surface area contributed by atoms with E-state index in [2.05, 4.69) is 10.1 Å². The molecule has 0 bridgehead atoms. The molecule has 0 N–H and O–H groups in total. The topological polar surface area (TPSA) is 57.0 Å². The summed E-state index contributed by atoms with van der Waals surface area (Å²) >= 11 is 1.48. The van der Waals surface area contributed by atoms with Crippen molar-refractivity contribution in [2.75, 3.05) is 6.61 Å². The Kier molecular flexibility index (Phi) is 3.76. The number of carbonyl (C=O) groups excluding carboxylic acids is 1. The molecule has 0 saturated heterocycles. The van der Waals surface area contributed by atoms with Gasteiger partial charge in [0, 0.05) is 17.6 Å². The summed E-state index contributed by atoms with van der Waals surface area (Å²) in [5, 5.41) is 5.00. The molecule has 0 aliphatic heterocycles. The van der Waals surface area contributed by atoms with Crippen molar-refractivity contribution in [3.8, 4) is 10.7 Å². The summed E-state index contributed by atoms with van der Waals surface area (Å²) in [5.74, 6) is -0.361. The van der Waals surface area contributed by atoms with Gasteiger partial charge in [-0.1, -0.05) is 0 Å². The first-order valence-corrected chi connectivity index (χ1v) is 6.65. The summed E-state index contributed by atoms with van der Waals surface area (Å²) in [6.07, 6.45) is 1.74. The number of aromatic nitrogens is 3. The second kappa shape index (κ2) is 5.30. The summed E-state index contributed by atoms with van der Waals surface area (Å²) in [7, 11) is 0. The molecule has 0 radical (unpaired) electrons. The van der Waals surface area contributed by atoms with Gasteiger partial charge in [0.2, 0.25) is 0 Å². The number of nitrogens with zero attached hydrogens (tertiary/aromatic N) is 3. The van der Waals surface area contributed by atoms with Crippen LogP contribution in [0.1, 0.15) is 29.2 Å². The summed E-state index contributed by atoms with van der Waals surface area (Å²) in [6.45, 7) is 6.81. The second-order valence-corrected chi connectivity index (χ2v) is 4.88. The molecule has 5 nitrogen and oxygen atoms in total. The van der Waals surface area contributed by atoms with Crippen LogP contribution in [0.4, 0.5) is 0 Å². The number of hydrogen-bond donors (Lipinski definition) is 0. The molecule has 0 aromatic carbocycles. The minimum Gasteiger partial charge on any atom is -0.461 e. The number of esters is 1. The van der Waals surface area contributed by atoms with Gasteiger partial charge >= 0.3 is 5.97 Å². The molecule has 18 heavy (non-hydrogen) atoms. The summed E-state index contributed by atoms with van der Waals surface area (Å²) in [6, 6.07) is 1.90. The Balaban J connectivity index is 2.37. The van der Waals surface area contributed by atoms with Crippen molar-refractivity contribution in [3.05, 3.63) is 22.8 Å². The van der Waals surface area contributed by atoms with Gasteiger partial charge in [0.25, 0.3) is 0 Å². The Morgan fingerprint density at radius 1 is 1.50 bits per heavy atom. The molecule has 2 aromatic rings. The smallest absolute Gasteiger partial charge is 0.358 e. The Bertz CT molecular complexity index is 559. The van der Waals surface area contributed by atoms with Crippen molar-refractivity contribution >= 4 is 17.3 Å².